The van der Waals surface area contributed by atoms with Crippen LogP contribution in [0.1, 0.15) is 19.4 Å². The van der Waals surface area contributed by atoms with Gasteiger partial charge in [0.05, 0.1) is 26.0 Å². The van der Waals surface area contributed by atoms with Crippen molar-refractivity contribution < 1.29 is 19.0 Å². The molecule has 0 radical (unpaired) electrons. The number of thiocarbonyl (C=S) groups is 1. The number of amides is 1. The third-order valence-electron chi connectivity index (χ3n) is 3.70. The quantitative estimate of drug-likeness (QED) is 0.389. The first kappa shape index (κ1) is 20.9. The molecule has 1 aliphatic rings. The molecular weight excluding hydrogens is 368 g/mol. The monoisotopic (exact) mass is 394 g/mol. The van der Waals surface area contributed by atoms with Crippen molar-refractivity contribution in [2.24, 2.45) is 5.10 Å². The number of morpholine rings is 1. The summed E-state index contributed by atoms with van der Waals surface area (Å²) in [5.41, 5.74) is 3.55. The Balaban J connectivity index is 1.96. The molecule has 2 rings (SSSR count). The summed E-state index contributed by atoms with van der Waals surface area (Å²) in [5.74, 6) is 1.02. The highest BCUT2D eigenvalue weighted by Crippen LogP contribution is 2.28. The number of carbonyl (C=O) groups excluding carboxylic acids is 1. The van der Waals surface area contributed by atoms with E-state index in [0.717, 1.165) is 12.1 Å². The van der Waals surface area contributed by atoms with Crippen molar-refractivity contribution in [3.63, 3.8) is 0 Å². The van der Waals surface area contributed by atoms with Crippen molar-refractivity contribution in [3.05, 3.63) is 23.8 Å². The zero-order chi connectivity index (χ0) is 19.5. The van der Waals surface area contributed by atoms with E-state index >= 15 is 0 Å². The van der Waals surface area contributed by atoms with Crippen LogP contribution < -0.4 is 20.2 Å². The van der Waals surface area contributed by atoms with Crippen LogP contribution in [-0.4, -0.2) is 68.2 Å². The van der Waals surface area contributed by atoms with Crippen LogP contribution in [0, 0.1) is 0 Å². The second kappa shape index (κ2) is 11.3. The minimum absolute atomic E-state index is 0.0357. The fraction of sp³-hybridized carbons (Fsp3) is 0.500. The summed E-state index contributed by atoms with van der Waals surface area (Å²) in [6, 6.07) is 5.40. The number of carbonyl (C=O) groups is 1. The van der Waals surface area contributed by atoms with Gasteiger partial charge in [0, 0.05) is 19.6 Å². The minimum atomic E-state index is -0.0625. The van der Waals surface area contributed by atoms with Gasteiger partial charge in [-0.05, 0) is 49.8 Å². The van der Waals surface area contributed by atoms with Crippen LogP contribution in [0.4, 0.5) is 0 Å². The molecule has 8 nitrogen and oxygen atoms in total. The maximum absolute atomic E-state index is 12.2. The lowest BCUT2D eigenvalue weighted by Gasteiger charge is -2.26. The fourth-order valence-corrected chi connectivity index (χ4v) is 2.60. The molecule has 0 saturated carbocycles. The highest BCUT2D eigenvalue weighted by atomic mass is 32.1. The smallest absolute Gasteiger partial charge is 0.260 e. The Morgan fingerprint density at radius 2 is 2.07 bits per heavy atom. The van der Waals surface area contributed by atoms with Gasteiger partial charge < -0.3 is 24.4 Å². The molecular formula is C18H26N4O4S. The maximum atomic E-state index is 12.2. The molecule has 1 aromatic carbocycles. The fourth-order valence-electron chi connectivity index (χ4n) is 2.40. The van der Waals surface area contributed by atoms with E-state index in [9.17, 15) is 4.79 Å². The van der Waals surface area contributed by atoms with Gasteiger partial charge in [0.2, 0.25) is 0 Å². The van der Waals surface area contributed by atoms with Crippen LogP contribution in [0.15, 0.2) is 23.3 Å². The van der Waals surface area contributed by atoms with Crippen molar-refractivity contribution in [1.82, 2.24) is 15.6 Å². The molecule has 0 aromatic heterocycles. The summed E-state index contributed by atoms with van der Waals surface area (Å²) in [5, 5.41) is 7.48. The lowest BCUT2D eigenvalue weighted by molar-refractivity contribution is -0.137. The minimum Gasteiger partial charge on any atom is -0.490 e. The summed E-state index contributed by atoms with van der Waals surface area (Å²) in [6.45, 7) is 7.34. The lowest BCUT2D eigenvalue weighted by atomic mass is 10.2. The van der Waals surface area contributed by atoms with E-state index in [1.807, 2.05) is 19.9 Å². The first-order valence-corrected chi connectivity index (χ1v) is 9.37. The predicted octanol–water partition coefficient (Wildman–Crippen LogP) is 1.14. The van der Waals surface area contributed by atoms with Gasteiger partial charge in [-0.25, -0.2) is 0 Å². The Bertz CT molecular complexity index is 663. The molecule has 1 aliphatic heterocycles. The molecule has 0 spiro atoms. The van der Waals surface area contributed by atoms with Gasteiger partial charge in [0.25, 0.3) is 5.91 Å². The van der Waals surface area contributed by atoms with E-state index in [4.69, 9.17) is 26.4 Å². The molecule has 1 fully saturated rings. The second-order valence-electron chi connectivity index (χ2n) is 5.65. The van der Waals surface area contributed by atoms with Gasteiger partial charge in [-0.2, -0.15) is 5.10 Å². The Morgan fingerprint density at radius 3 is 2.78 bits per heavy atom. The van der Waals surface area contributed by atoms with Crippen molar-refractivity contribution in [2.45, 2.75) is 13.8 Å². The molecule has 0 aliphatic carbocycles. The zero-order valence-corrected chi connectivity index (χ0v) is 16.5. The van der Waals surface area contributed by atoms with E-state index in [1.54, 1.807) is 23.2 Å². The van der Waals surface area contributed by atoms with E-state index in [0.29, 0.717) is 49.5 Å². The Kier molecular flexibility index (Phi) is 8.79. The topological polar surface area (TPSA) is 84.4 Å². The number of nitrogens with zero attached hydrogens (tertiary/aromatic N) is 2. The van der Waals surface area contributed by atoms with E-state index in [-0.39, 0.29) is 12.5 Å². The second-order valence-corrected chi connectivity index (χ2v) is 6.06. The number of hydrazone groups is 1. The van der Waals surface area contributed by atoms with E-state index in [2.05, 4.69) is 15.8 Å². The van der Waals surface area contributed by atoms with Crippen LogP contribution in [0.2, 0.25) is 0 Å². The molecule has 2 N–H and O–H groups in total. The average molecular weight is 394 g/mol. The molecule has 27 heavy (non-hydrogen) atoms. The molecule has 0 atom stereocenters. The first-order chi connectivity index (χ1) is 13.1. The zero-order valence-electron chi connectivity index (χ0n) is 15.7. The van der Waals surface area contributed by atoms with Crippen molar-refractivity contribution in [1.29, 1.82) is 0 Å². The average Bonchev–Trinajstić information content (AvgIpc) is 2.68. The van der Waals surface area contributed by atoms with E-state index in [1.165, 1.54) is 0 Å². The number of hydrogen-bond acceptors (Lipinski definition) is 6. The summed E-state index contributed by atoms with van der Waals surface area (Å²) < 4.78 is 16.6. The maximum Gasteiger partial charge on any atom is 0.260 e. The van der Waals surface area contributed by atoms with Crippen molar-refractivity contribution in [2.75, 3.05) is 46.1 Å². The lowest BCUT2D eigenvalue weighted by Crippen LogP contribution is -2.43. The van der Waals surface area contributed by atoms with Gasteiger partial charge in [0.15, 0.2) is 23.2 Å². The van der Waals surface area contributed by atoms with Gasteiger partial charge in [-0.3, -0.25) is 10.2 Å². The van der Waals surface area contributed by atoms with Crippen LogP contribution in [-0.2, 0) is 9.53 Å². The van der Waals surface area contributed by atoms with Crippen molar-refractivity contribution in [3.8, 4) is 11.5 Å². The SMILES string of the molecule is CCNC(=S)N/N=C/c1ccc(OCC(=O)N2CCOCC2)c(OCC)c1. The summed E-state index contributed by atoms with van der Waals surface area (Å²) in [7, 11) is 0. The molecule has 1 amide bonds. The van der Waals surface area contributed by atoms with Crippen LogP contribution in [0.25, 0.3) is 0 Å². The van der Waals surface area contributed by atoms with Crippen LogP contribution in [0.3, 0.4) is 0 Å². The largest absolute Gasteiger partial charge is 0.490 e. The molecule has 148 valence electrons. The number of nitrogens with one attached hydrogen (secondary N) is 2. The first-order valence-electron chi connectivity index (χ1n) is 8.96. The molecule has 1 heterocycles. The summed E-state index contributed by atoms with van der Waals surface area (Å²) in [4.78, 5) is 14.0. The van der Waals surface area contributed by atoms with Crippen LogP contribution >= 0.6 is 12.2 Å². The normalized spacial score (nSPS) is 14.1. The number of hydrogen-bond donors (Lipinski definition) is 2. The number of ether oxygens (including phenoxy) is 3. The Hall–Kier alpha value is -2.39. The van der Waals surface area contributed by atoms with Crippen molar-refractivity contribution >= 4 is 29.5 Å². The molecule has 1 aromatic rings. The Labute approximate surface area is 164 Å². The highest BCUT2D eigenvalue weighted by Gasteiger charge is 2.18. The van der Waals surface area contributed by atoms with Gasteiger partial charge in [-0.1, -0.05) is 0 Å². The molecule has 0 unspecified atom stereocenters. The predicted molar refractivity (Wildman–Crippen MR) is 108 cm³/mol. The van der Waals surface area contributed by atoms with Gasteiger partial charge in [-0.15, -0.1) is 0 Å². The van der Waals surface area contributed by atoms with Gasteiger partial charge >= 0.3 is 0 Å². The number of rotatable bonds is 8. The molecule has 0 bridgehead atoms. The summed E-state index contributed by atoms with van der Waals surface area (Å²) >= 11 is 5.05. The third kappa shape index (κ3) is 7.03. The highest BCUT2D eigenvalue weighted by molar-refractivity contribution is 7.80. The number of benzene rings is 1. The standard InChI is InChI=1S/C18H26N4O4S/c1-3-19-18(27)21-20-12-14-5-6-15(16(11-14)25-4-2)26-13-17(23)22-7-9-24-10-8-22/h5-6,11-12H,3-4,7-10,13H2,1-2H3,(H2,19,21,27)/b20-12+. The Morgan fingerprint density at radius 1 is 1.30 bits per heavy atom. The van der Waals surface area contributed by atoms with E-state index < -0.39 is 0 Å². The third-order valence-corrected chi connectivity index (χ3v) is 3.94. The molecule has 1 saturated heterocycles. The van der Waals surface area contributed by atoms with Gasteiger partial charge in [0.1, 0.15) is 0 Å². The van der Waals surface area contributed by atoms with Crippen LogP contribution in [0.5, 0.6) is 11.5 Å². The summed E-state index contributed by atoms with van der Waals surface area (Å²) in [6.07, 6.45) is 1.63. The molecule has 9 heteroatoms.